The van der Waals surface area contributed by atoms with E-state index in [-0.39, 0.29) is 11.9 Å². The Kier molecular flexibility index (Phi) is 4.62. The predicted octanol–water partition coefficient (Wildman–Crippen LogP) is 2.50. The fourth-order valence-electron chi connectivity index (χ4n) is 1.30. The molecule has 1 amide bonds. The van der Waals surface area contributed by atoms with Crippen molar-refractivity contribution in [3.63, 3.8) is 0 Å². The number of hydrogen-bond donors (Lipinski definition) is 1. The van der Waals surface area contributed by atoms with E-state index in [0.717, 1.165) is 11.3 Å². The van der Waals surface area contributed by atoms with Crippen molar-refractivity contribution >= 4 is 17.5 Å². The van der Waals surface area contributed by atoms with E-state index in [2.05, 4.69) is 5.32 Å². The largest absolute Gasteiger partial charge is 0.497 e. The van der Waals surface area contributed by atoms with Crippen molar-refractivity contribution in [3.05, 3.63) is 29.8 Å². The van der Waals surface area contributed by atoms with Crippen molar-refractivity contribution in [2.75, 3.05) is 7.11 Å². The number of rotatable bonds is 4. The van der Waals surface area contributed by atoms with Crippen LogP contribution in [0.5, 0.6) is 5.75 Å². The van der Waals surface area contributed by atoms with Crippen LogP contribution >= 0.6 is 11.6 Å². The first kappa shape index (κ1) is 12.8. The van der Waals surface area contributed by atoms with Gasteiger partial charge in [0.2, 0.25) is 5.91 Å². The standard InChI is InChI=1S/C12H16ClNO2/c1-8(13)12(15)14-9(2)10-4-6-11(16-3)7-5-10/h4-9H,1-3H3,(H,14,15)/t8-,9-/m0/s1. The molecule has 4 heteroatoms. The van der Waals surface area contributed by atoms with E-state index in [1.165, 1.54) is 0 Å². The normalized spacial score (nSPS) is 14.0. The first-order chi connectivity index (χ1) is 7.54. The highest BCUT2D eigenvalue weighted by atomic mass is 35.5. The SMILES string of the molecule is COc1ccc([C@H](C)NC(=O)[C@H](C)Cl)cc1. The van der Waals surface area contributed by atoms with E-state index < -0.39 is 5.38 Å². The molecule has 2 atom stereocenters. The Morgan fingerprint density at radius 1 is 1.31 bits per heavy atom. The van der Waals surface area contributed by atoms with Crippen LogP contribution in [-0.4, -0.2) is 18.4 Å². The molecule has 0 spiro atoms. The number of halogens is 1. The van der Waals surface area contributed by atoms with Gasteiger partial charge in [0, 0.05) is 0 Å². The fourth-order valence-corrected chi connectivity index (χ4v) is 1.37. The second-order valence-corrected chi connectivity index (χ2v) is 4.27. The zero-order valence-corrected chi connectivity index (χ0v) is 10.4. The molecule has 0 aliphatic carbocycles. The van der Waals surface area contributed by atoms with E-state index in [1.807, 2.05) is 31.2 Å². The first-order valence-electron chi connectivity index (χ1n) is 5.13. The average Bonchev–Trinajstić information content (AvgIpc) is 2.28. The highest BCUT2D eigenvalue weighted by Gasteiger charge is 2.13. The van der Waals surface area contributed by atoms with Gasteiger partial charge in [-0.15, -0.1) is 11.6 Å². The Hall–Kier alpha value is -1.22. The molecule has 0 aliphatic heterocycles. The van der Waals surface area contributed by atoms with Crippen LogP contribution in [0.15, 0.2) is 24.3 Å². The molecule has 0 aliphatic rings. The average molecular weight is 242 g/mol. The lowest BCUT2D eigenvalue weighted by Gasteiger charge is -2.15. The molecule has 0 radical (unpaired) electrons. The molecule has 0 aromatic heterocycles. The molecule has 1 rings (SSSR count). The summed E-state index contributed by atoms with van der Waals surface area (Å²) >= 11 is 5.68. The molecule has 0 saturated carbocycles. The summed E-state index contributed by atoms with van der Waals surface area (Å²) in [6.45, 7) is 3.57. The van der Waals surface area contributed by atoms with Gasteiger partial charge in [0.15, 0.2) is 0 Å². The monoisotopic (exact) mass is 241 g/mol. The molecule has 16 heavy (non-hydrogen) atoms. The molecule has 0 fully saturated rings. The maximum atomic E-state index is 11.4. The lowest BCUT2D eigenvalue weighted by Crippen LogP contribution is -2.31. The second-order valence-electron chi connectivity index (χ2n) is 3.62. The van der Waals surface area contributed by atoms with E-state index in [4.69, 9.17) is 16.3 Å². The third-order valence-corrected chi connectivity index (χ3v) is 2.53. The summed E-state index contributed by atoms with van der Waals surface area (Å²) in [5.74, 6) is 0.637. The van der Waals surface area contributed by atoms with Gasteiger partial charge in [0.25, 0.3) is 0 Å². The molecule has 1 N–H and O–H groups in total. The van der Waals surface area contributed by atoms with E-state index >= 15 is 0 Å². The third kappa shape index (κ3) is 3.42. The maximum absolute atomic E-state index is 11.4. The molecule has 1 aromatic carbocycles. The van der Waals surface area contributed by atoms with Crippen LogP contribution in [0.3, 0.4) is 0 Å². The number of carbonyl (C=O) groups is 1. The molecular formula is C12H16ClNO2. The van der Waals surface area contributed by atoms with Crippen LogP contribution < -0.4 is 10.1 Å². The summed E-state index contributed by atoms with van der Waals surface area (Å²) in [4.78, 5) is 11.4. The molecule has 88 valence electrons. The number of amides is 1. The van der Waals surface area contributed by atoms with Gasteiger partial charge in [0.05, 0.1) is 13.2 Å². The number of carbonyl (C=O) groups excluding carboxylic acids is 1. The minimum Gasteiger partial charge on any atom is -0.497 e. The minimum absolute atomic E-state index is 0.0559. The van der Waals surface area contributed by atoms with Crippen molar-refractivity contribution in [1.82, 2.24) is 5.32 Å². The quantitative estimate of drug-likeness (QED) is 0.823. The Morgan fingerprint density at radius 2 is 1.88 bits per heavy atom. The van der Waals surface area contributed by atoms with Crippen molar-refractivity contribution in [2.45, 2.75) is 25.3 Å². The van der Waals surface area contributed by atoms with Gasteiger partial charge in [-0.1, -0.05) is 12.1 Å². The van der Waals surface area contributed by atoms with Crippen LogP contribution in [0.2, 0.25) is 0 Å². The number of alkyl halides is 1. The van der Waals surface area contributed by atoms with Crippen LogP contribution in [0.25, 0.3) is 0 Å². The third-order valence-electron chi connectivity index (χ3n) is 2.34. The van der Waals surface area contributed by atoms with Crippen molar-refractivity contribution < 1.29 is 9.53 Å². The molecular weight excluding hydrogens is 226 g/mol. The number of hydrogen-bond acceptors (Lipinski definition) is 2. The summed E-state index contributed by atoms with van der Waals surface area (Å²) in [6.07, 6.45) is 0. The van der Waals surface area contributed by atoms with Gasteiger partial charge >= 0.3 is 0 Å². The van der Waals surface area contributed by atoms with E-state index in [1.54, 1.807) is 14.0 Å². The highest BCUT2D eigenvalue weighted by Crippen LogP contribution is 2.17. The summed E-state index contributed by atoms with van der Waals surface area (Å²) in [5, 5.41) is 2.31. The molecule has 0 bridgehead atoms. The van der Waals surface area contributed by atoms with E-state index in [0.29, 0.717) is 0 Å². The molecule has 0 heterocycles. The number of nitrogens with one attached hydrogen (secondary N) is 1. The summed E-state index contributed by atoms with van der Waals surface area (Å²) in [7, 11) is 1.62. The number of benzene rings is 1. The van der Waals surface area contributed by atoms with E-state index in [9.17, 15) is 4.79 Å². The van der Waals surface area contributed by atoms with Gasteiger partial charge in [-0.25, -0.2) is 0 Å². The summed E-state index contributed by atoms with van der Waals surface area (Å²) in [5.41, 5.74) is 1.02. The fraction of sp³-hybridized carbons (Fsp3) is 0.417. The van der Waals surface area contributed by atoms with Gasteiger partial charge in [-0.3, -0.25) is 4.79 Å². The maximum Gasteiger partial charge on any atom is 0.238 e. The minimum atomic E-state index is -0.513. The van der Waals surface area contributed by atoms with Crippen LogP contribution in [0, 0.1) is 0 Å². The molecule has 3 nitrogen and oxygen atoms in total. The summed E-state index contributed by atoms with van der Waals surface area (Å²) < 4.78 is 5.06. The van der Waals surface area contributed by atoms with Crippen molar-refractivity contribution in [3.8, 4) is 5.75 Å². The summed E-state index contributed by atoms with van der Waals surface area (Å²) in [6, 6.07) is 7.51. The predicted molar refractivity (Wildman–Crippen MR) is 64.9 cm³/mol. The Balaban J connectivity index is 2.65. The Bertz CT molecular complexity index is 349. The van der Waals surface area contributed by atoms with Crippen LogP contribution in [0.1, 0.15) is 25.5 Å². The topological polar surface area (TPSA) is 38.3 Å². The zero-order valence-electron chi connectivity index (χ0n) is 9.66. The molecule has 1 aromatic rings. The van der Waals surface area contributed by atoms with Gasteiger partial charge in [-0.05, 0) is 31.5 Å². The molecule has 0 unspecified atom stereocenters. The van der Waals surface area contributed by atoms with Crippen molar-refractivity contribution in [2.24, 2.45) is 0 Å². The number of ether oxygens (including phenoxy) is 1. The smallest absolute Gasteiger partial charge is 0.238 e. The first-order valence-corrected chi connectivity index (χ1v) is 5.56. The van der Waals surface area contributed by atoms with Crippen LogP contribution in [-0.2, 0) is 4.79 Å². The molecule has 0 saturated heterocycles. The van der Waals surface area contributed by atoms with Crippen LogP contribution in [0.4, 0.5) is 0 Å². The van der Waals surface area contributed by atoms with Gasteiger partial charge in [0.1, 0.15) is 11.1 Å². The zero-order chi connectivity index (χ0) is 12.1. The lowest BCUT2D eigenvalue weighted by atomic mass is 10.1. The Labute approximate surface area is 101 Å². The Morgan fingerprint density at radius 3 is 2.31 bits per heavy atom. The van der Waals surface area contributed by atoms with Crippen molar-refractivity contribution in [1.29, 1.82) is 0 Å². The van der Waals surface area contributed by atoms with Gasteiger partial charge in [-0.2, -0.15) is 0 Å². The number of methoxy groups -OCH3 is 1. The second kappa shape index (κ2) is 5.75. The lowest BCUT2D eigenvalue weighted by molar-refractivity contribution is -0.121. The van der Waals surface area contributed by atoms with Gasteiger partial charge < -0.3 is 10.1 Å². The highest BCUT2D eigenvalue weighted by molar-refractivity contribution is 6.30.